The first-order valence-corrected chi connectivity index (χ1v) is 17.2. The lowest BCUT2D eigenvalue weighted by Gasteiger charge is -2.51. The molecular formula is C41H31ClN2O6. The molecule has 0 spiro atoms. The summed E-state index contributed by atoms with van der Waals surface area (Å²) in [7, 11) is 0. The number of amides is 4. The fourth-order valence-electron chi connectivity index (χ4n) is 9.39. The second-order valence-corrected chi connectivity index (χ2v) is 14.2. The minimum absolute atomic E-state index is 0.0841. The van der Waals surface area contributed by atoms with Crippen LogP contribution in [0.15, 0.2) is 127 Å². The minimum Gasteiger partial charge on any atom is -0.508 e. The highest BCUT2D eigenvalue weighted by Gasteiger charge is 2.70. The van der Waals surface area contributed by atoms with Crippen LogP contribution in [0.4, 0.5) is 11.4 Å². The van der Waals surface area contributed by atoms with Gasteiger partial charge in [-0.05, 0) is 78.4 Å². The minimum atomic E-state index is -1.40. The summed E-state index contributed by atoms with van der Waals surface area (Å²) in [5.41, 5.74) is 2.52. The number of rotatable bonds is 4. The van der Waals surface area contributed by atoms with Crippen molar-refractivity contribution < 1.29 is 29.0 Å². The van der Waals surface area contributed by atoms with Crippen molar-refractivity contribution in [3.63, 3.8) is 0 Å². The van der Waals surface area contributed by atoms with Gasteiger partial charge in [-0.1, -0.05) is 77.8 Å². The Bertz CT molecular complexity index is 2180. The number of ether oxygens (including phenoxy) is 1. The molecule has 3 fully saturated rings. The van der Waals surface area contributed by atoms with Gasteiger partial charge < -0.3 is 9.84 Å². The Balaban J connectivity index is 1.26. The molecule has 5 aliphatic rings. The van der Waals surface area contributed by atoms with Crippen LogP contribution >= 0.6 is 11.6 Å². The van der Waals surface area contributed by atoms with Crippen molar-refractivity contribution in [3.05, 3.63) is 143 Å². The lowest BCUT2D eigenvalue weighted by Crippen LogP contribution is -2.55. The van der Waals surface area contributed by atoms with E-state index < -0.39 is 35.0 Å². The first kappa shape index (κ1) is 30.6. The normalized spacial score (nSPS) is 28.3. The lowest BCUT2D eigenvalue weighted by molar-refractivity contribution is -0.128. The molecule has 248 valence electrons. The van der Waals surface area contributed by atoms with E-state index in [1.54, 1.807) is 73.0 Å². The molecule has 3 aliphatic heterocycles. The number of allylic oxidation sites excluding steroid dienone is 3. The Morgan fingerprint density at radius 1 is 0.760 bits per heavy atom. The number of nitrogens with zero attached hydrogens (tertiary/aromatic N) is 2. The van der Waals surface area contributed by atoms with Gasteiger partial charge in [-0.25, -0.2) is 4.90 Å². The topological polar surface area (TPSA) is 104 Å². The largest absolute Gasteiger partial charge is 0.508 e. The SMILES string of the molecule is O=C1C2CC=C3C(CC4C(=O)N(c5cccc(Cl)c5)C(=O)C4(c4ccccc4)C3C3=COc4ccc(O)cc4C3)C2C(=O)N1c1ccccc1. The van der Waals surface area contributed by atoms with Crippen LogP contribution < -0.4 is 14.5 Å². The van der Waals surface area contributed by atoms with Crippen molar-refractivity contribution in [2.24, 2.45) is 29.6 Å². The zero-order chi connectivity index (χ0) is 34.3. The molecule has 9 heteroatoms. The van der Waals surface area contributed by atoms with Gasteiger partial charge in [-0.15, -0.1) is 0 Å². The summed E-state index contributed by atoms with van der Waals surface area (Å²) in [6.45, 7) is 0. The van der Waals surface area contributed by atoms with Crippen LogP contribution in [0.5, 0.6) is 11.5 Å². The molecule has 6 unspecified atom stereocenters. The maximum Gasteiger partial charge on any atom is 0.246 e. The van der Waals surface area contributed by atoms with Gasteiger partial charge in [0, 0.05) is 22.9 Å². The lowest BCUT2D eigenvalue weighted by atomic mass is 9.48. The molecule has 0 radical (unpaired) electrons. The Morgan fingerprint density at radius 2 is 1.50 bits per heavy atom. The molecule has 4 amide bonds. The van der Waals surface area contributed by atoms with E-state index in [0.29, 0.717) is 40.6 Å². The number of hydrogen-bond donors (Lipinski definition) is 1. The molecule has 4 aromatic rings. The predicted octanol–water partition coefficient (Wildman–Crippen LogP) is 6.76. The van der Waals surface area contributed by atoms with Crippen molar-refractivity contribution in [1.82, 2.24) is 0 Å². The average molecular weight is 683 g/mol. The van der Waals surface area contributed by atoms with E-state index in [-0.39, 0.29) is 35.8 Å². The number of aromatic hydroxyl groups is 1. The van der Waals surface area contributed by atoms with E-state index in [0.717, 1.165) is 16.7 Å². The summed E-state index contributed by atoms with van der Waals surface area (Å²) in [5.74, 6) is -3.98. The maximum atomic E-state index is 15.4. The first-order valence-electron chi connectivity index (χ1n) is 16.8. The van der Waals surface area contributed by atoms with Gasteiger partial charge in [0.25, 0.3) is 0 Å². The zero-order valence-corrected chi connectivity index (χ0v) is 27.5. The highest BCUT2D eigenvalue weighted by Crippen LogP contribution is 2.63. The summed E-state index contributed by atoms with van der Waals surface area (Å²) < 4.78 is 6.19. The second kappa shape index (κ2) is 11.3. The van der Waals surface area contributed by atoms with Crippen LogP contribution in [0.1, 0.15) is 24.0 Å². The van der Waals surface area contributed by atoms with Crippen molar-refractivity contribution in [2.75, 3.05) is 9.80 Å². The van der Waals surface area contributed by atoms with Gasteiger partial charge >= 0.3 is 0 Å². The van der Waals surface area contributed by atoms with E-state index in [1.165, 1.54) is 9.80 Å². The predicted molar refractivity (Wildman–Crippen MR) is 186 cm³/mol. The van der Waals surface area contributed by atoms with Crippen molar-refractivity contribution >= 4 is 46.6 Å². The van der Waals surface area contributed by atoms with E-state index >= 15 is 4.79 Å². The average Bonchev–Trinajstić information content (AvgIpc) is 3.52. The van der Waals surface area contributed by atoms with Gasteiger partial charge in [0.2, 0.25) is 23.6 Å². The van der Waals surface area contributed by atoms with E-state index in [2.05, 4.69) is 0 Å². The highest BCUT2D eigenvalue weighted by molar-refractivity contribution is 6.32. The number of anilines is 2. The molecule has 3 heterocycles. The third-order valence-corrected chi connectivity index (χ3v) is 11.6. The number of hydrogen-bond acceptors (Lipinski definition) is 6. The van der Waals surface area contributed by atoms with Gasteiger partial charge in [0.15, 0.2) is 0 Å². The molecule has 50 heavy (non-hydrogen) atoms. The van der Waals surface area contributed by atoms with E-state index in [4.69, 9.17) is 16.3 Å². The summed E-state index contributed by atoms with van der Waals surface area (Å²) in [5, 5.41) is 10.8. The Labute approximate surface area is 293 Å². The maximum absolute atomic E-state index is 15.4. The molecular weight excluding hydrogens is 652 g/mol. The van der Waals surface area contributed by atoms with Crippen LogP contribution in [-0.2, 0) is 31.0 Å². The van der Waals surface area contributed by atoms with E-state index in [1.807, 2.05) is 42.5 Å². The monoisotopic (exact) mass is 682 g/mol. The molecule has 1 saturated carbocycles. The number of para-hydroxylation sites is 1. The number of carbonyl (C=O) groups is 4. The van der Waals surface area contributed by atoms with Crippen LogP contribution in [0.25, 0.3) is 0 Å². The van der Waals surface area contributed by atoms with Crippen LogP contribution in [0.3, 0.4) is 0 Å². The Morgan fingerprint density at radius 3 is 2.26 bits per heavy atom. The molecule has 8 nitrogen and oxygen atoms in total. The van der Waals surface area contributed by atoms with Crippen LogP contribution in [0.2, 0.25) is 5.02 Å². The molecule has 6 atom stereocenters. The van der Waals surface area contributed by atoms with Crippen molar-refractivity contribution in [2.45, 2.75) is 24.7 Å². The quantitative estimate of drug-likeness (QED) is 0.188. The number of benzene rings is 4. The third kappa shape index (κ3) is 4.24. The molecule has 4 aromatic carbocycles. The van der Waals surface area contributed by atoms with Gasteiger partial charge in [0.05, 0.1) is 40.8 Å². The zero-order valence-electron chi connectivity index (χ0n) is 26.7. The Hall–Kier alpha value is -5.47. The van der Waals surface area contributed by atoms with Gasteiger partial charge in [-0.2, -0.15) is 0 Å². The van der Waals surface area contributed by atoms with Crippen LogP contribution in [-0.4, -0.2) is 28.7 Å². The fourth-order valence-corrected chi connectivity index (χ4v) is 9.58. The van der Waals surface area contributed by atoms with Crippen molar-refractivity contribution in [1.29, 1.82) is 0 Å². The molecule has 9 rings (SSSR count). The van der Waals surface area contributed by atoms with Crippen LogP contribution in [0, 0.1) is 29.6 Å². The Kier molecular flexibility index (Phi) is 6.90. The first-order chi connectivity index (χ1) is 24.3. The smallest absolute Gasteiger partial charge is 0.246 e. The number of phenols is 1. The molecule has 0 bridgehead atoms. The fraction of sp³-hybridized carbons (Fsp3) is 0.220. The summed E-state index contributed by atoms with van der Waals surface area (Å²) in [6.07, 6.45) is 4.57. The summed E-state index contributed by atoms with van der Waals surface area (Å²) in [6, 6.07) is 30.0. The summed E-state index contributed by atoms with van der Waals surface area (Å²) in [4.78, 5) is 61.2. The van der Waals surface area contributed by atoms with E-state index in [9.17, 15) is 19.5 Å². The summed E-state index contributed by atoms with van der Waals surface area (Å²) >= 11 is 6.41. The number of halogens is 1. The highest BCUT2D eigenvalue weighted by atomic mass is 35.5. The number of phenolic OH excluding ortho intramolecular Hbond substituents is 1. The van der Waals surface area contributed by atoms with Gasteiger partial charge in [0.1, 0.15) is 11.5 Å². The molecule has 1 N–H and O–H groups in total. The number of imide groups is 2. The molecule has 0 aromatic heterocycles. The van der Waals surface area contributed by atoms with Crippen molar-refractivity contribution in [3.8, 4) is 11.5 Å². The third-order valence-electron chi connectivity index (χ3n) is 11.3. The molecule has 2 aliphatic carbocycles. The number of fused-ring (bicyclic) bond motifs is 5. The number of carbonyl (C=O) groups excluding carboxylic acids is 4. The second-order valence-electron chi connectivity index (χ2n) is 13.7. The standard InChI is InChI=1S/C41H31ClN2O6/c42-26-10-7-13-28(20-26)44-38(47)33-21-32-30(15-16-31-35(32)39(48)43(37(31)46)27-11-5-2-6-12-27)36(41(33,40(44)49)25-8-3-1-4-9-25)24-18-23-19-29(45)14-17-34(23)50-22-24/h1-15,17,19-20,22,31-33,35-36,45H,16,18,21H2. The van der Waals surface area contributed by atoms with Gasteiger partial charge in [-0.3, -0.25) is 24.1 Å². The molecule has 2 saturated heterocycles.